The van der Waals surface area contributed by atoms with Crippen molar-refractivity contribution >= 4 is 40.1 Å². The number of hydrogen-bond donors (Lipinski definition) is 2. The van der Waals surface area contributed by atoms with Gasteiger partial charge in [-0.2, -0.15) is 9.97 Å². The lowest BCUT2D eigenvalue weighted by atomic mass is 9.94. The summed E-state index contributed by atoms with van der Waals surface area (Å²) in [6.07, 6.45) is 18.8. The number of piperazine rings is 1. The fourth-order valence-electron chi connectivity index (χ4n) is 11.6. The van der Waals surface area contributed by atoms with E-state index < -0.39 is 0 Å². The number of aromatic hydroxyl groups is 1. The van der Waals surface area contributed by atoms with Crippen LogP contribution >= 0.6 is 0 Å². The Morgan fingerprint density at radius 3 is 2.12 bits per heavy atom. The van der Waals surface area contributed by atoms with Crippen LogP contribution in [0.5, 0.6) is 11.8 Å². The highest BCUT2D eigenvalue weighted by molar-refractivity contribution is 5.95. The topological polar surface area (TPSA) is 153 Å². The number of esters is 2. The minimum Gasteiger partial charge on any atom is -0.508 e. The Balaban J connectivity index is 0.000000211. The van der Waals surface area contributed by atoms with Crippen molar-refractivity contribution in [2.45, 2.75) is 109 Å². The highest BCUT2D eigenvalue weighted by Crippen LogP contribution is 2.37. The summed E-state index contributed by atoms with van der Waals surface area (Å²) in [4.78, 5) is 56.1. The van der Waals surface area contributed by atoms with E-state index in [1.807, 2.05) is 35.2 Å². The fourth-order valence-corrected chi connectivity index (χ4v) is 11.6. The SMILES string of the molecule is C=CC(=O)N1CCN(c2nc(OCC3CCN(C4CCCCC4)C3)nc3c2CCN(c2cc(O)cc4ccccc24)C3)CC1.COC(=O)C1CCN(C2CCCCC2)C1.COC(=O)C1CCNC1. The number of fused-ring (bicyclic) bond motifs is 2. The van der Waals surface area contributed by atoms with Crippen molar-refractivity contribution in [2.24, 2.45) is 17.8 Å². The Labute approximate surface area is 403 Å². The van der Waals surface area contributed by atoms with Crippen molar-refractivity contribution in [2.75, 3.05) is 103 Å². The van der Waals surface area contributed by atoms with E-state index in [1.165, 1.54) is 84.5 Å². The Kier molecular flexibility index (Phi) is 17.5. The molecule has 2 N–H and O–H groups in total. The number of carbonyl (C=O) groups is 3. The molecule has 4 saturated heterocycles. The molecule has 7 aliphatic rings. The van der Waals surface area contributed by atoms with Gasteiger partial charge in [-0.15, -0.1) is 0 Å². The van der Waals surface area contributed by atoms with Gasteiger partial charge in [-0.05, 0) is 88.5 Å². The van der Waals surface area contributed by atoms with E-state index in [4.69, 9.17) is 19.4 Å². The summed E-state index contributed by atoms with van der Waals surface area (Å²) in [5, 5.41) is 15.8. The van der Waals surface area contributed by atoms with Gasteiger partial charge in [0.25, 0.3) is 0 Å². The maximum absolute atomic E-state index is 12.2. The summed E-state index contributed by atoms with van der Waals surface area (Å²) in [6.45, 7) is 14.4. The number of benzene rings is 2. The molecular weight excluding hydrogens is 861 g/mol. The van der Waals surface area contributed by atoms with Crippen LogP contribution < -0.4 is 19.9 Å². The highest BCUT2D eigenvalue weighted by Gasteiger charge is 2.34. The summed E-state index contributed by atoms with van der Waals surface area (Å²) in [6, 6.07) is 13.8. The second-order valence-corrected chi connectivity index (χ2v) is 19.9. The zero-order chi connectivity index (χ0) is 47.4. The Bertz CT molecular complexity index is 2170. The normalized spacial score (nSPS) is 23.8. The average molecular weight is 937 g/mol. The first-order chi connectivity index (χ1) is 33.2. The molecule has 0 spiro atoms. The lowest BCUT2D eigenvalue weighted by Crippen LogP contribution is -2.49. The Morgan fingerprint density at radius 2 is 1.44 bits per heavy atom. The van der Waals surface area contributed by atoms with Crippen LogP contribution in [0.3, 0.4) is 0 Å². The zero-order valence-corrected chi connectivity index (χ0v) is 40.8. The molecule has 2 aliphatic carbocycles. The molecule has 6 heterocycles. The molecule has 10 rings (SSSR count). The lowest BCUT2D eigenvalue weighted by Gasteiger charge is -2.38. The van der Waals surface area contributed by atoms with Gasteiger partial charge in [-0.3, -0.25) is 24.2 Å². The number of phenols is 1. The van der Waals surface area contributed by atoms with Crippen molar-refractivity contribution in [1.82, 2.24) is 30.0 Å². The third-order valence-corrected chi connectivity index (χ3v) is 15.6. The van der Waals surface area contributed by atoms with Crippen LogP contribution in [-0.2, 0) is 36.8 Å². The van der Waals surface area contributed by atoms with Gasteiger partial charge in [0.05, 0.1) is 44.9 Å². The smallest absolute Gasteiger partial charge is 0.318 e. The van der Waals surface area contributed by atoms with Gasteiger partial charge in [-0.25, -0.2) is 0 Å². The van der Waals surface area contributed by atoms with Gasteiger partial charge < -0.3 is 39.3 Å². The van der Waals surface area contributed by atoms with Crippen molar-refractivity contribution in [1.29, 1.82) is 0 Å². The van der Waals surface area contributed by atoms with Crippen LogP contribution in [0.1, 0.15) is 94.7 Å². The molecule has 1 amide bonds. The number of amides is 1. The maximum Gasteiger partial charge on any atom is 0.318 e. The molecule has 0 radical (unpaired) electrons. The quantitative estimate of drug-likeness (QED) is 0.172. The number of anilines is 2. The monoisotopic (exact) mass is 937 g/mol. The maximum atomic E-state index is 12.2. The molecule has 3 aromatic rings. The molecule has 0 bridgehead atoms. The molecule has 15 nitrogen and oxygen atoms in total. The van der Waals surface area contributed by atoms with Gasteiger partial charge in [0, 0.05) is 93.1 Å². The third kappa shape index (κ3) is 12.4. The zero-order valence-electron chi connectivity index (χ0n) is 40.8. The highest BCUT2D eigenvalue weighted by atomic mass is 16.5. The third-order valence-electron chi connectivity index (χ3n) is 15.6. The van der Waals surface area contributed by atoms with E-state index in [0.29, 0.717) is 51.3 Å². The number of rotatable bonds is 10. The summed E-state index contributed by atoms with van der Waals surface area (Å²) < 4.78 is 15.8. The summed E-state index contributed by atoms with van der Waals surface area (Å²) in [5.41, 5.74) is 3.15. The molecule has 3 unspecified atom stereocenters. The number of carbonyl (C=O) groups excluding carboxylic acids is 3. The van der Waals surface area contributed by atoms with Crippen molar-refractivity contribution < 1.29 is 33.7 Å². The van der Waals surface area contributed by atoms with Crippen LogP contribution in [-0.4, -0.2) is 153 Å². The molecular formula is C53H76N8O7. The van der Waals surface area contributed by atoms with Gasteiger partial charge >= 0.3 is 17.9 Å². The largest absolute Gasteiger partial charge is 0.508 e. The minimum absolute atomic E-state index is 0.0201. The van der Waals surface area contributed by atoms with Gasteiger partial charge in [-0.1, -0.05) is 69.4 Å². The molecule has 5 aliphatic heterocycles. The molecule has 2 aromatic carbocycles. The molecule has 68 heavy (non-hydrogen) atoms. The number of aromatic nitrogens is 2. The van der Waals surface area contributed by atoms with E-state index in [9.17, 15) is 19.5 Å². The summed E-state index contributed by atoms with van der Waals surface area (Å²) in [5.74, 6) is 1.81. The minimum atomic E-state index is -0.0833. The van der Waals surface area contributed by atoms with E-state index in [0.717, 1.165) is 117 Å². The molecule has 2 saturated carbocycles. The first-order valence-electron chi connectivity index (χ1n) is 25.7. The number of hydrogen-bond acceptors (Lipinski definition) is 14. The van der Waals surface area contributed by atoms with Crippen molar-refractivity contribution in [3.05, 3.63) is 60.3 Å². The summed E-state index contributed by atoms with van der Waals surface area (Å²) >= 11 is 0. The van der Waals surface area contributed by atoms with Crippen LogP contribution in [0.4, 0.5) is 11.5 Å². The van der Waals surface area contributed by atoms with E-state index in [-0.39, 0.29) is 35.4 Å². The number of ether oxygens (including phenoxy) is 3. The van der Waals surface area contributed by atoms with Crippen LogP contribution in [0, 0.1) is 17.8 Å². The van der Waals surface area contributed by atoms with Crippen LogP contribution in [0.2, 0.25) is 0 Å². The van der Waals surface area contributed by atoms with Gasteiger partial charge in [0.1, 0.15) is 11.6 Å². The Morgan fingerprint density at radius 1 is 0.765 bits per heavy atom. The van der Waals surface area contributed by atoms with Crippen molar-refractivity contribution in [3.63, 3.8) is 0 Å². The standard InChI is InChI=1S/C35H44N6O3.C12H21NO2.C6H11NO2/c1-2-33(43)38-16-18-39(19-17-38)34-30-13-15-41(32-21-28(42)20-26-8-6-7-11-29(26)32)23-31(30)36-35(37-34)44-24-25-12-14-40(22-25)27-9-4-3-5-10-27;1-15-12(14)10-7-8-13(9-10)11-5-3-2-4-6-11;1-9-6(8)5-2-3-7-4-5/h2,6-8,11,20-21,25,27,42H,1,3-5,9-10,12-19,22-24H2;10-11H,2-9H2,1H3;5,7H,2-4H2,1H3. The number of methoxy groups -OCH3 is 2. The van der Waals surface area contributed by atoms with Crippen LogP contribution in [0.15, 0.2) is 49.1 Å². The number of nitrogens with zero attached hydrogens (tertiary/aromatic N) is 7. The number of phenolic OH excluding ortho intramolecular Hbond substituents is 1. The van der Waals surface area contributed by atoms with Crippen LogP contribution in [0.25, 0.3) is 10.8 Å². The lowest BCUT2D eigenvalue weighted by molar-refractivity contribution is -0.145. The van der Waals surface area contributed by atoms with E-state index in [1.54, 1.807) is 0 Å². The first kappa shape index (κ1) is 49.4. The molecule has 6 fully saturated rings. The first-order valence-corrected chi connectivity index (χ1v) is 25.7. The average Bonchev–Trinajstić information content (AvgIpc) is 4.22. The second-order valence-electron chi connectivity index (χ2n) is 19.9. The molecule has 370 valence electrons. The second kappa shape index (κ2) is 24.0. The Hall–Kier alpha value is -4.99. The number of nitrogens with one attached hydrogen (secondary N) is 1. The van der Waals surface area contributed by atoms with Gasteiger partial charge in [0.2, 0.25) is 5.91 Å². The number of likely N-dealkylation sites (tertiary alicyclic amines) is 2. The van der Waals surface area contributed by atoms with Crippen molar-refractivity contribution in [3.8, 4) is 11.8 Å². The van der Waals surface area contributed by atoms with Gasteiger partial charge in [0.15, 0.2) is 0 Å². The predicted molar refractivity (Wildman–Crippen MR) is 265 cm³/mol. The fraction of sp³-hybridized carbons (Fsp3) is 0.642. The summed E-state index contributed by atoms with van der Waals surface area (Å²) in [7, 11) is 2.92. The predicted octanol–water partition coefficient (Wildman–Crippen LogP) is 6.35. The molecule has 15 heteroatoms. The molecule has 1 aromatic heterocycles. The van der Waals surface area contributed by atoms with E-state index in [2.05, 4.69) is 42.3 Å². The van der Waals surface area contributed by atoms with E-state index >= 15 is 0 Å². The molecule has 3 atom stereocenters.